The zero-order valence-corrected chi connectivity index (χ0v) is 12.9. The standard InChI is InChI=1S/C17H19NOS/c1-12-7-8-16(13(2)9-12)20-11-14-5-4-6-15(10-14)17(19)18-3/h4-10H,11H2,1-3H3,(H,18,19). The maximum Gasteiger partial charge on any atom is 0.251 e. The average Bonchev–Trinajstić information content (AvgIpc) is 2.46. The number of hydrogen-bond acceptors (Lipinski definition) is 2. The molecule has 2 rings (SSSR count). The van der Waals surface area contributed by atoms with E-state index in [-0.39, 0.29) is 5.91 Å². The molecule has 0 fully saturated rings. The first-order chi connectivity index (χ1) is 9.60. The van der Waals surface area contributed by atoms with Crippen LogP contribution in [0.3, 0.4) is 0 Å². The second-order valence-corrected chi connectivity index (χ2v) is 5.85. The Hall–Kier alpha value is -1.74. The molecule has 0 aromatic heterocycles. The van der Waals surface area contributed by atoms with E-state index < -0.39 is 0 Å². The van der Waals surface area contributed by atoms with Gasteiger partial charge in [0.2, 0.25) is 0 Å². The number of carbonyl (C=O) groups excluding carboxylic acids is 1. The van der Waals surface area contributed by atoms with Gasteiger partial charge in [0.05, 0.1) is 0 Å². The number of thioether (sulfide) groups is 1. The molecule has 0 bridgehead atoms. The summed E-state index contributed by atoms with van der Waals surface area (Å²) in [6, 6.07) is 14.3. The Bertz CT molecular complexity index is 622. The number of amides is 1. The van der Waals surface area contributed by atoms with Gasteiger partial charge in [0.1, 0.15) is 0 Å². The Morgan fingerprint density at radius 3 is 2.65 bits per heavy atom. The number of hydrogen-bond donors (Lipinski definition) is 1. The van der Waals surface area contributed by atoms with E-state index >= 15 is 0 Å². The topological polar surface area (TPSA) is 29.1 Å². The molecule has 0 spiro atoms. The molecule has 1 N–H and O–H groups in total. The van der Waals surface area contributed by atoms with Crippen molar-refractivity contribution in [3.8, 4) is 0 Å². The molecule has 0 aliphatic carbocycles. The van der Waals surface area contributed by atoms with Gasteiger partial charge in [-0.05, 0) is 43.2 Å². The summed E-state index contributed by atoms with van der Waals surface area (Å²) < 4.78 is 0. The minimum absolute atomic E-state index is 0.0385. The zero-order valence-electron chi connectivity index (χ0n) is 12.1. The third kappa shape index (κ3) is 3.64. The Balaban J connectivity index is 2.09. The molecule has 0 saturated heterocycles. The lowest BCUT2D eigenvalue weighted by Crippen LogP contribution is -2.17. The van der Waals surface area contributed by atoms with Crippen LogP contribution >= 0.6 is 11.8 Å². The largest absolute Gasteiger partial charge is 0.355 e. The first-order valence-electron chi connectivity index (χ1n) is 6.61. The van der Waals surface area contributed by atoms with Crippen LogP contribution in [-0.4, -0.2) is 13.0 Å². The molecule has 20 heavy (non-hydrogen) atoms. The van der Waals surface area contributed by atoms with Crippen molar-refractivity contribution in [1.29, 1.82) is 0 Å². The summed E-state index contributed by atoms with van der Waals surface area (Å²) in [5.41, 5.74) is 4.47. The molecular weight excluding hydrogens is 266 g/mol. The van der Waals surface area contributed by atoms with Crippen molar-refractivity contribution >= 4 is 17.7 Å². The fraction of sp³-hybridized carbons (Fsp3) is 0.235. The molecule has 0 atom stereocenters. The van der Waals surface area contributed by atoms with E-state index in [2.05, 4.69) is 43.4 Å². The lowest BCUT2D eigenvalue weighted by molar-refractivity contribution is 0.0963. The van der Waals surface area contributed by atoms with Crippen molar-refractivity contribution in [2.75, 3.05) is 7.05 Å². The molecule has 3 heteroatoms. The van der Waals surface area contributed by atoms with Crippen LogP contribution in [-0.2, 0) is 5.75 Å². The molecule has 0 unspecified atom stereocenters. The van der Waals surface area contributed by atoms with Crippen molar-refractivity contribution in [1.82, 2.24) is 5.32 Å². The predicted molar refractivity (Wildman–Crippen MR) is 85.3 cm³/mol. The number of nitrogens with one attached hydrogen (secondary N) is 1. The van der Waals surface area contributed by atoms with Gasteiger partial charge in [-0.25, -0.2) is 0 Å². The van der Waals surface area contributed by atoms with Gasteiger partial charge >= 0.3 is 0 Å². The Kier molecular flexibility index (Phi) is 4.85. The highest BCUT2D eigenvalue weighted by Gasteiger charge is 2.05. The van der Waals surface area contributed by atoms with Crippen molar-refractivity contribution < 1.29 is 4.79 Å². The van der Waals surface area contributed by atoms with Crippen molar-refractivity contribution in [3.05, 3.63) is 64.7 Å². The van der Waals surface area contributed by atoms with Gasteiger partial charge in [0.25, 0.3) is 5.91 Å². The Labute approximate surface area is 124 Å². The molecule has 0 heterocycles. The summed E-state index contributed by atoms with van der Waals surface area (Å²) in [6.45, 7) is 4.24. The molecular formula is C17H19NOS. The van der Waals surface area contributed by atoms with Crippen LogP contribution in [0.5, 0.6) is 0 Å². The van der Waals surface area contributed by atoms with E-state index in [4.69, 9.17) is 0 Å². The highest BCUT2D eigenvalue weighted by atomic mass is 32.2. The van der Waals surface area contributed by atoms with Crippen molar-refractivity contribution in [2.24, 2.45) is 0 Å². The van der Waals surface area contributed by atoms with Gasteiger partial charge in [-0.1, -0.05) is 29.8 Å². The third-order valence-electron chi connectivity index (χ3n) is 3.14. The van der Waals surface area contributed by atoms with Crippen LogP contribution in [0.25, 0.3) is 0 Å². The van der Waals surface area contributed by atoms with E-state index in [9.17, 15) is 4.79 Å². The maximum atomic E-state index is 11.6. The molecule has 2 aromatic carbocycles. The van der Waals surface area contributed by atoms with Gasteiger partial charge in [-0.3, -0.25) is 4.79 Å². The second-order valence-electron chi connectivity index (χ2n) is 4.84. The van der Waals surface area contributed by atoms with Crippen molar-refractivity contribution in [3.63, 3.8) is 0 Å². The lowest BCUT2D eigenvalue weighted by atomic mass is 10.1. The van der Waals surface area contributed by atoms with Crippen LogP contribution in [0.1, 0.15) is 27.0 Å². The molecule has 2 aromatic rings. The fourth-order valence-electron chi connectivity index (χ4n) is 2.07. The quantitative estimate of drug-likeness (QED) is 0.862. The number of rotatable bonds is 4. The second kappa shape index (κ2) is 6.62. The molecule has 0 radical (unpaired) electrons. The van der Waals surface area contributed by atoms with E-state index in [0.29, 0.717) is 5.56 Å². The summed E-state index contributed by atoms with van der Waals surface area (Å²) in [4.78, 5) is 12.9. The number of carbonyl (C=O) groups is 1. The summed E-state index contributed by atoms with van der Waals surface area (Å²) in [7, 11) is 1.65. The fourth-order valence-corrected chi connectivity index (χ4v) is 3.02. The van der Waals surface area contributed by atoms with Crippen LogP contribution in [0.2, 0.25) is 0 Å². The molecule has 0 saturated carbocycles. The Morgan fingerprint density at radius 1 is 1.15 bits per heavy atom. The van der Waals surface area contributed by atoms with Gasteiger partial charge in [-0.2, -0.15) is 0 Å². The van der Waals surface area contributed by atoms with E-state index in [1.807, 2.05) is 18.2 Å². The van der Waals surface area contributed by atoms with Gasteiger partial charge < -0.3 is 5.32 Å². The number of aryl methyl sites for hydroxylation is 2. The molecule has 1 amide bonds. The normalized spacial score (nSPS) is 10.3. The first kappa shape index (κ1) is 14.7. The SMILES string of the molecule is CNC(=O)c1cccc(CSc2ccc(C)cc2C)c1. The lowest BCUT2D eigenvalue weighted by Gasteiger charge is -2.08. The summed E-state index contributed by atoms with van der Waals surface area (Å²) >= 11 is 1.81. The molecule has 2 nitrogen and oxygen atoms in total. The van der Waals surface area contributed by atoms with Gasteiger partial charge in [0, 0.05) is 23.3 Å². The number of benzene rings is 2. The van der Waals surface area contributed by atoms with Crippen LogP contribution in [0.4, 0.5) is 0 Å². The Morgan fingerprint density at radius 2 is 1.95 bits per heavy atom. The minimum Gasteiger partial charge on any atom is -0.355 e. The van der Waals surface area contributed by atoms with Crippen LogP contribution < -0.4 is 5.32 Å². The first-order valence-corrected chi connectivity index (χ1v) is 7.60. The van der Waals surface area contributed by atoms with Crippen LogP contribution in [0.15, 0.2) is 47.4 Å². The van der Waals surface area contributed by atoms with E-state index in [0.717, 1.165) is 11.3 Å². The highest BCUT2D eigenvalue weighted by Crippen LogP contribution is 2.26. The predicted octanol–water partition coefficient (Wildman–Crippen LogP) is 3.96. The monoisotopic (exact) mass is 285 g/mol. The van der Waals surface area contributed by atoms with Crippen LogP contribution in [0, 0.1) is 13.8 Å². The van der Waals surface area contributed by atoms with Crippen molar-refractivity contribution in [2.45, 2.75) is 24.5 Å². The maximum absolute atomic E-state index is 11.6. The van der Waals surface area contributed by atoms with E-state index in [1.54, 1.807) is 18.8 Å². The highest BCUT2D eigenvalue weighted by molar-refractivity contribution is 7.98. The molecule has 0 aliphatic rings. The minimum atomic E-state index is -0.0385. The molecule has 0 aliphatic heterocycles. The summed E-state index contributed by atoms with van der Waals surface area (Å²) in [5, 5.41) is 2.65. The third-order valence-corrected chi connectivity index (χ3v) is 4.39. The average molecular weight is 285 g/mol. The van der Waals surface area contributed by atoms with E-state index in [1.165, 1.54) is 16.0 Å². The zero-order chi connectivity index (χ0) is 14.5. The summed E-state index contributed by atoms with van der Waals surface area (Å²) in [5.74, 6) is 0.831. The molecule has 104 valence electrons. The smallest absolute Gasteiger partial charge is 0.251 e. The van der Waals surface area contributed by atoms with Gasteiger partial charge in [0.15, 0.2) is 0 Å². The summed E-state index contributed by atoms with van der Waals surface area (Å²) in [6.07, 6.45) is 0. The van der Waals surface area contributed by atoms with Gasteiger partial charge in [-0.15, -0.1) is 11.8 Å².